The van der Waals surface area contributed by atoms with E-state index in [2.05, 4.69) is 5.32 Å². The quantitative estimate of drug-likeness (QED) is 0.843. The van der Waals surface area contributed by atoms with Gasteiger partial charge < -0.3 is 15.2 Å². The van der Waals surface area contributed by atoms with Gasteiger partial charge in [-0.1, -0.05) is 25.0 Å². The first-order valence-electron chi connectivity index (χ1n) is 8.90. The maximum atomic E-state index is 13.3. The molecular weight excluding hydrogens is 293 g/mol. The lowest BCUT2D eigenvalue weighted by Crippen LogP contribution is -2.44. The van der Waals surface area contributed by atoms with Crippen LogP contribution >= 0.6 is 0 Å². The van der Waals surface area contributed by atoms with Crippen molar-refractivity contribution in [1.82, 2.24) is 5.32 Å². The number of ether oxygens (including phenoxy) is 1. The van der Waals surface area contributed by atoms with Crippen LogP contribution < -0.4 is 5.32 Å². The van der Waals surface area contributed by atoms with Gasteiger partial charge in [-0.2, -0.15) is 0 Å². The van der Waals surface area contributed by atoms with E-state index in [0.717, 1.165) is 32.6 Å². The average molecular weight is 321 g/mol. The summed E-state index contributed by atoms with van der Waals surface area (Å²) in [5, 5.41) is 13.6. The van der Waals surface area contributed by atoms with Gasteiger partial charge in [0.1, 0.15) is 5.82 Å². The van der Waals surface area contributed by atoms with Crippen molar-refractivity contribution in [3.05, 3.63) is 35.6 Å². The van der Waals surface area contributed by atoms with E-state index in [1.165, 1.54) is 31.2 Å². The monoisotopic (exact) mass is 321 g/mol. The van der Waals surface area contributed by atoms with E-state index in [9.17, 15) is 9.50 Å². The molecule has 2 fully saturated rings. The Morgan fingerprint density at radius 1 is 1.17 bits per heavy atom. The van der Waals surface area contributed by atoms with Gasteiger partial charge in [0.15, 0.2) is 0 Å². The fourth-order valence-electron chi connectivity index (χ4n) is 4.04. The van der Waals surface area contributed by atoms with E-state index in [4.69, 9.17) is 4.74 Å². The minimum absolute atomic E-state index is 0.0743. The molecule has 1 saturated carbocycles. The van der Waals surface area contributed by atoms with Gasteiger partial charge >= 0.3 is 0 Å². The lowest BCUT2D eigenvalue weighted by atomic mass is 9.80. The van der Waals surface area contributed by atoms with E-state index in [-0.39, 0.29) is 23.9 Å². The highest BCUT2D eigenvalue weighted by atomic mass is 19.1. The predicted octanol–water partition coefficient (Wildman–Crippen LogP) is 3.44. The molecule has 1 aromatic carbocycles. The summed E-state index contributed by atoms with van der Waals surface area (Å²) in [4.78, 5) is 0. The number of rotatable bonds is 6. The van der Waals surface area contributed by atoms with Gasteiger partial charge in [-0.25, -0.2) is 4.39 Å². The Morgan fingerprint density at radius 2 is 1.83 bits per heavy atom. The predicted molar refractivity (Wildman–Crippen MR) is 88.7 cm³/mol. The Balaban J connectivity index is 1.71. The molecule has 2 aliphatic rings. The number of nitrogens with one attached hydrogen (secondary N) is 1. The molecule has 3 nitrogen and oxygen atoms in total. The average Bonchev–Trinajstić information content (AvgIpc) is 3.12. The van der Waals surface area contributed by atoms with Crippen molar-refractivity contribution in [2.45, 2.75) is 44.6 Å². The number of aliphatic hydroxyl groups excluding tert-OH is 1. The Morgan fingerprint density at radius 3 is 2.43 bits per heavy atom. The summed E-state index contributed by atoms with van der Waals surface area (Å²) in [5.74, 6) is 0.422. The van der Waals surface area contributed by atoms with Crippen molar-refractivity contribution in [3.8, 4) is 0 Å². The Bertz CT molecular complexity index is 479. The topological polar surface area (TPSA) is 41.5 Å². The fourth-order valence-corrected chi connectivity index (χ4v) is 4.04. The molecule has 1 heterocycles. The van der Waals surface area contributed by atoms with Gasteiger partial charge in [0.2, 0.25) is 0 Å². The van der Waals surface area contributed by atoms with Crippen molar-refractivity contribution < 1.29 is 14.2 Å². The van der Waals surface area contributed by atoms with Crippen molar-refractivity contribution in [1.29, 1.82) is 0 Å². The van der Waals surface area contributed by atoms with Gasteiger partial charge in [0.05, 0.1) is 6.61 Å². The second-order valence-electron chi connectivity index (χ2n) is 7.23. The minimum Gasteiger partial charge on any atom is -0.396 e. The number of halogens is 1. The summed E-state index contributed by atoms with van der Waals surface area (Å²) in [6.45, 7) is 2.45. The molecule has 1 atom stereocenters. The minimum atomic E-state index is -0.185. The fraction of sp³-hybridized carbons (Fsp3) is 0.684. The van der Waals surface area contributed by atoms with Crippen LogP contribution in [0.25, 0.3) is 0 Å². The molecule has 2 N–H and O–H groups in total. The third-order valence-corrected chi connectivity index (χ3v) is 5.69. The molecule has 4 heteroatoms. The van der Waals surface area contributed by atoms with Crippen LogP contribution in [0.2, 0.25) is 0 Å². The zero-order valence-electron chi connectivity index (χ0n) is 13.8. The summed E-state index contributed by atoms with van der Waals surface area (Å²) in [6, 6.07) is 7.16. The van der Waals surface area contributed by atoms with Crippen LogP contribution in [0.15, 0.2) is 24.3 Å². The summed E-state index contributed by atoms with van der Waals surface area (Å²) < 4.78 is 18.7. The van der Waals surface area contributed by atoms with Crippen LogP contribution in [0.5, 0.6) is 0 Å². The zero-order chi connectivity index (χ0) is 16.1. The summed E-state index contributed by atoms with van der Waals surface area (Å²) in [6.07, 6.45) is 6.81. The molecule has 128 valence electrons. The molecule has 0 radical (unpaired) electrons. The largest absolute Gasteiger partial charge is 0.396 e. The first kappa shape index (κ1) is 16.9. The van der Waals surface area contributed by atoms with E-state index in [0.29, 0.717) is 5.92 Å². The summed E-state index contributed by atoms with van der Waals surface area (Å²) in [5.41, 5.74) is 1.09. The number of aliphatic hydroxyl groups is 1. The molecule has 1 aliphatic carbocycles. The van der Waals surface area contributed by atoms with Crippen LogP contribution in [0.4, 0.5) is 4.39 Å². The second kappa shape index (κ2) is 7.73. The van der Waals surface area contributed by atoms with Crippen LogP contribution in [-0.2, 0) is 4.74 Å². The van der Waals surface area contributed by atoms with Crippen LogP contribution in [0.3, 0.4) is 0 Å². The highest BCUT2D eigenvalue weighted by Gasteiger charge is 2.34. The summed E-state index contributed by atoms with van der Waals surface area (Å²) in [7, 11) is 0. The van der Waals surface area contributed by atoms with Gasteiger partial charge in [-0.05, 0) is 49.3 Å². The molecule has 0 spiro atoms. The maximum absolute atomic E-state index is 13.3. The first-order chi connectivity index (χ1) is 11.2. The van der Waals surface area contributed by atoms with Gasteiger partial charge in [0.25, 0.3) is 0 Å². The lowest BCUT2D eigenvalue weighted by Gasteiger charge is -2.38. The summed E-state index contributed by atoms with van der Waals surface area (Å²) >= 11 is 0. The molecule has 23 heavy (non-hydrogen) atoms. The van der Waals surface area contributed by atoms with Crippen molar-refractivity contribution in [2.75, 3.05) is 26.4 Å². The molecule has 1 saturated heterocycles. The highest BCUT2D eigenvalue weighted by molar-refractivity contribution is 5.21. The Kier molecular flexibility index (Phi) is 5.67. The number of hydrogen-bond donors (Lipinski definition) is 2. The lowest BCUT2D eigenvalue weighted by molar-refractivity contribution is -0.0174. The van der Waals surface area contributed by atoms with E-state index in [1.54, 1.807) is 12.1 Å². The third kappa shape index (κ3) is 4.11. The second-order valence-corrected chi connectivity index (χ2v) is 7.23. The third-order valence-electron chi connectivity index (χ3n) is 5.69. The molecule has 3 rings (SSSR count). The van der Waals surface area contributed by atoms with Gasteiger partial charge in [-0.3, -0.25) is 0 Å². The van der Waals surface area contributed by atoms with Crippen LogP contribution in [-0.4, -0.2) is 31.5 Å². The van der Waals surface area contributed by atoms with E-state index in [1.807, 2.05) is 12.1 Å². The highest BCUT2D eigenvalue weighted by Crippen LogP contribution is 2.37. The standard InChI is InChI=1S/C19H28FNO2/c20-17-7-5-16(6-8-17)18(15-3-1-2-4-15)21-13-19(14-22)9-11-23-12-10-19/h5-8,15,18,21-22H,1-4,9-14H2. The van der Waals surface area contributed by atoms with Gasteiger partial charge in [-0.15, -0.1) is 0 Å². The van der Waals surface area contributed by atoms with Crippen LogP contribution in [0, 0.1) is 17.2 Å². The number of hydrogen-bond acceptors (Lipinski definition) is 3. The SMILES string of the molecule is OCC1(CNC(c2ccc(F)cc2)C2CCCC2)CCOCC1. The Hall–Kier alpha value is -0.970. The van der Waals surface area contributed by atoms with Gasteiger partial charge in [0, 0.05) is 31.2 Å². The molecule has 1 unspecified atom stereocenters. The molecule has 0 amide bonds. The molecule has 1 aliphatic heterocycles. The Labute approximate surface area is 138 Å². The normalized spacial score (nSPS) is 23.0. The smallest absolute Gasteiger partial charge is 0.123 e. The van der Waals surface area contributed by atoms with E-state index >= 15 is 0 Å². The van der Waals surface area contributed by atoms with Crippen molar-refractivity contribution in [3.63, 3.8) is 0 Å². The molecule has 0 aromatic heterocycles. The van der Waals surface area contributed by atoms with Crippen molar-refractivity contribution >= 4 is 0 Å². The van der Waals surface area contributed by atoms with Crippen molar-refractivity contribution in [2.24, 2.45) is 11.3 Å². The maximum Gasteiger partial charge on any atom is 0.123 e. The number of benzene rings is 1. The van der Waals surface area contributed by atoms with Crippen LogP contribution in [0.1, 0.15) is 50.1 Å². The molecule has 1 aromatic rings. The van der Waals surface area contributed by atoms with E-state index < -0.39 is 0 Å². The zero-order valence-corrected chi connectivity index (χ0v) is 13.8. The molecule has 0 bridgehead atoms. The first-order valence-corrected chi connectivity index (χ1v) is 8.90. The molecular formula is C19H28FNO2.